The van der Waals surface area contributed by atoms with E-state index < -0.39 is 0 Å². The molecule has 1 aliphatic heterocycles. The molecule has 1 fully saturated rings. The van der Waals surface area contributed by atoms with Gasteiger partial charge in [0, 0.05) is 22.5 Å². The van der Waals surface area contributed by atoms with Gasteiger partial charge in [-0.2, -0.15) is 0 Å². The molecule has 0 radical (unpaired) electrons. The van der Waals surface area contributed by atoms with Crippen LogP contribution in [0.5, 0.6) is 11.5 Å². The smallest absolute Gasteiger partial charge is 0.338 e. The summed E-state index contributed by atoms with van der Waals surface area (Å²) in [5.41, 5.74) is 4.18. The summed E-state index contributed by atoms with van der Waals surface area (Å²) in [5, 5.41) is 0.609. The van der Waals surface area contributed by atoms with E-state index in [2.05, 4.69) is 9.88 Å². The number of carbonyl (C=O) groups excluding carboxylic acids is 1. The Bertz CT molecular complexity index is 1340. The Labute approximate surface area is 215 Å². The molecule has 1 saturated heterocycles. The van der Waals surface area contributed by atoms with Gasteiger partial charge in [-0.1, -0.05) is 41.9 Å². The molecule has 36 heavy (non-hydrogen) atoms. The van der Waals surface area contributed by atoms with E-state index in [9.17, 15) is 4.79 Å². The van der Waals surface area contributed by atoms with Gasteiger partial charge in [-0.25, -0.2) is 4.79 Å². The number of aromatic nitrogens is 1. The van der Waals surface area contributed by atoms with E-state index in [-0.39, 0.29) is 12.1 Å². The Kier molecular flexibility index (Phi) is 7.05. The molecule has 5 rings (SSSR count). The standard InChI is InChI=1S/C29H25ClN2O4/c1-34-29(33)26-8-3-9-27(28(26)21-5-2-6-22(30)15-21)32-17-25(18-32)36-23-12-10-20(11-13-23)19-35-24-7-4-14-31-16-24/h2-16,25H,17-19H2,1H3. The van der Waals surface area contributed by atoms with E-state index in [0.717, 1.165) is 33.9 Å². The highest BCUT2D eigenvalue weighted by atomic mass is 35.5. The topological polar surface area (TPSA) is 60.9 Å². The SMILES string of the molecule is COC(=O)c1cccc(N2CC(Oc3ccc(COc4cccnc4)cc3)C2)c1-c1cccc(Cl)c1. The zero-order valence-corrected chi connectivity index (χ0v) is 20.5. The second-order valence-electron chi connectivity index (χ2n) is 8.47. The number of ether oxygens (including phenoxy) is 3. The summed E-state index contributed by atoms with van der Waals surface area (Å²) >= 11 is 6.26. The maximum Gasteiger partial charge on any atom is 0.338 e. The van der Waals surface area contributed by atoms with Crippen LogP contribution in [-0.2, 0) is 11.3 Å². The first kappa shape index (κ1) is 23.7. The van der Waals surface area contributed by atoms with Crippen LogP contribution in [-0.4, -0.2) is 37.3 Å². The van der Waals surface area contributed by atoms with Crippen molar-refractivity contribution in [1.82, 2.24) is 4.98 Å². The van der Waals surface area contributed by atoms with Crippen molar-refractivity contribution in [3.8, 4) is 22.6 Å². The zero-order valence-electron chi connectivity index (χ0n) is 19.8. The van der Waals surface area contributed by atoms with Gasteiger partial charge >= 0.3 is 5.97 Å². The van der Waals surface area contributed by atoms with Crippen LogP contribution < -0.4 is 14.4 Å². The fraction of sp³-hybridized carbons (Fsp3) is 0.172. The number of nitrogens with zero attached hydrogens (tertiary/aromatic N) is 2. The average Bonchev–Trinajstić information content (AvgIpc) is 2.89. The molecular weight excluding hydrogens is 476 g/mol. The van der Waals surface area contributed by atoms with Crippen molar-refractivity contribution in [2.75, 3.05) is 25.1 Å². The van der Waals surface area contributed by atoms with Crippen LogP contribution in [0.1, 0.15) is 15.9 Å². The first-order valence-electron chi connectivity index (χ1n) is 11.6. The summed E-state index contributed by atoms with van der Waals surface area (Å²) < 4.78 is 17.0. The molecule has 0 spiro atoms. The van der Waals surface area contributed by atoms with Crippen molar-refractivity contribution in [2.24, 2.45) is 0 Å². The Morgan fingerprint density at radius 2 is 1.81 bits per heavy atom. The highest BCUT2D eigenvalue weighted by Crippen LogP contribution is 2.38. The fourth-order valence-electron chi connectivity index (χ4n) is 4.20. The van der Waals surface area contributed by atoms with Gasteiger partial charge in [0.2, 0.25) is 0 Å². The molecule has 0 N–H and O–H groups in total. The number of carbonyl (C=O) groups is 1. The van der Waals surface area contributed by atoms with Gasteiger partial charge < -0.3 is 19.1 Å². The van der Waals surface area contributed by atoms with Crippen LogP contribution in [0.3, 0.4) is 0 Å². The molecule has 7 heteroatoms. The molecule has 0 atom stereocenters. The summed E-state index contributed by atoms with van der Waals surface area (Å²) in [5.74, 6) is 1.16. The lowest BCUT2D eigenvalue weighted by molar-refractivity contribution is 0.0601. The molecule has 0 bridgehead atoms. The molecule has 0 amide bonds. The fourth-order valence-corrected chi connectivity index (χ4v) is 4.39. The number of hydrogen-bond donors (Lipinski definition) is 0. The van der Waals surface area contributed by atoms with E-state index in [1.165, 1.54) is 7.11 Å². The van der Waals surface area contributed by atoms with Gasteiger partial charge in [-0.05, 0) is 59.7 Å². The van der Waals surface area contributed by atoms with E-state index >= 15 is 0 Å². The minimum absolute atomic E-state index is 0.0384. The van der Waals surface area contributed by atoms with E-state index in [1.807, 2.05) is 72.8 Å². The molecule has 3 aromatic carbocycles. The van der Waals surface area contributed by atoms with Crippen molar-refractivity contribution < 1.29 is 19.0 Å². The third-order valence-electron chi connectivity index (χ3n) is 6.02. The van der Waals surface area contributed by atoms with Gasteiger partial charge in [0.1, 0.15) is 24.2 Å². The second kappa shape index (κ2) is 10.7. The van der Waals surface area contributed by atoms with Gasteiger partial charge in [-0.15, -0.1) is 0 Å². The maximum absolute atomic E-state index is 12.5. The molecule has 2 heterocycles. The molecular formula is C29H25ClN2O4. The summed E-state index contributed by atoms with van der Waals surface area (Å²) in [6.07, 6.45) is 3.45. The van der Waals surface area contributed by atoms with Crippen molar-refractivity contribution in [3.63, 3.8) is 0 Å². The van der Waals surface area contributed by atoms with E-state index in [0.29, 0.717) is 30.3 Å². The number of halogens is 1. The van der Waals surface area contributed by atoms with Crippen molar-refractivity contribution in [1.29, 1.82) is 0 Å². The Morgan fingerprint density at radius 3 is 2.53 bits per heavy atom. The number of anilines is 1. The van der Waals surface area contributed by atoms with Crippen molar-refractivity contribution in [2.45, 2.75) is 12.7 Å². The van der Waals surface area contributed by atoms with Crippen LogP contribution in [0, 0.1) is 0 Å². The quantitative estimate of drug-likeness (QED) is 0.275. The zero-order chi connectivity index (χ0) is 24.9. The summed E-state index contributed by atoms with van der Waals surface area (Å²) in [6, 6.07) is 24.8. The first-order chi connectivity index (χ1) is 17.6. The molecule has 1 aromatic heterocycles. The van der Waals surface area contributed by atoms with Gasteiger partial charge in [-0.3, -0.25) is 4.98 Å². The molecule has 1 aliphatic rings. The molecule has 0 unspecified atom stereocenters. The molecule has 0 saturated carbocycles. The lowest BCUT2D eigenvalue weighted by atomic mass is 9.95. The van der Waals surface area contributed by atoms with Crippen LogP contribution in [0.4, 0.5) is 5.69 Å². The summed E-state index contributed by atoms with van der Waals surface area (Å²) in [6.45, 7) is 1.86. The van der Waals surface area contributed by atoms with Gasteiger partial charge in [0.15, 0.2) is 0 Å². The Balaban J connectivity index is 1.25. The third kappa shape index (κ3) is 5.29. The predicted octanol–water partition coefficient (Wildman–Crippen LogP) is 6.04. The average molecular weight is 501 g/mol. The minimum Gasteiger partial charge on any atom is -0.487 e. The molecule has 6 nitrogen and oxygen atoms in total. The second-order valence-corrected chi connectivity index (χ2v) is 8.90. The number of rotatable bonds is 8. The maximum atomic E-state index is 12.5. The number of methoxy groups -OCH3 is 1. The lowest BCUT2D eigenvalue weighted by Gasteiger charge is -2.42. The highest BCUT2D eigenvalue weighted by molar-refractivity contribution is 6.31. The normalized spacial score (nSPS) is 13.1. The van der Waals surface area contributed by atoms with Crippen LogP contribution in [0.15, 0.2) is 91.3 Å². The number of benzene rings is 3. The van der Waals surface area contributed by atoms with Crippen LogP contribution in [0.25, 0.3) is 11.1 Å². The first-order valence-corrected chi connectivity index (χ1v) is 12.0. The van der Waals surface area contributed by atoms with Gasteiger partial charge in [0.05, 0.1) is 32.0 Å². The third-order valence-corrected chi connectivity index (χ3v) is 6.25. The largest absolute Gasteiger partial charge is 0.487 e. The highest BCUT2D eigenvalue weighted by Gasteiger charge is 2.32. The Morgan fingerprint density at radius 1 is 1.00 bits per heavy atom. The van der Waals surface area contributed by atoms with Crippen LogP contribution >= 0.6 is 11.6 Å². The molecule has 182 valence electrons. The summed E-state index contributed by atoms with van der Waals surface area (Å²) in [7, 11) is 1.39. The number of hydrogen-bond acceptors (Lipinski definition) is 6. The number of pyridine rings is 1. The van der Waals surface area contributed by atoms with Crippen molar-refractivity contribution in [3.05, 3.63) is 107 Å². The summed E-state index contributed by atoms with van der Waals surface area (Å²) in [4.78, 5) is 18.8. The number of esters is 1. The minimum atomic E-state index is -0.382. The molecule has 4 aromatic rings. The van der Waals surface area contributed by atoms with Crippen molar-refractivity contribution >= 4 is 23.3 Å². The lowest BCUT2D eigenvalue weighted by Crippen LogP contribution is -2.54. The van der Waals surface area contributed by atoms with Gasteiger partial charge in [0.25, 0.3) is 0 Å². The van der Waals surface area contributed by atoms with E-state index in [4.69, 9.17) is 25.8 Å². The predicted molar refractivity (Wildman–Crippen MR) is 140 cm³/mol. The van der Waals surface area contributed by atoms with E-state index in [1.54, 1.807) is 18.5 Å². The van der Waals surface area contributed by atoms with Crippen LogP contribution in [0.2, 0.25) is 5.02 Å². The Hall–Kier alpha value is -4.03. The monoisotopic (exact) mass is 500 g/mol. The molecule has 0 aliphatic carbocycles.